The van der Waals surface area contributed by atoms with E-state index in [-0.39, 0.29) is 17.2 Å². The van der Waals surface area contributed by atoms with Crippen molar-refractivity contribution in [2.45, 2.75) is 25.7 Å². The second-order valence-electron chi connectivity index (χ2n) is 4.78. The van der Waals surface area contributed by atoms with Gasteiger partial charge in [0.15, 0.2) is 11.6 Å². The minimum absolute atomic E-state index is 0.0832. The van der Waals surface area contributed by atoms with Crippen molar-refractivity contribution in [3.63, 3.8) is 0 Å². The Bertz CT molecular complexity index is 677. The van der Waals surface area contributed by atoms with E-state index in [4.69, 9.17) is 4.74 Å². The van der Waals surface area contributed by atoms with Crippen LogP contribution in [0.3, 0.4) is 0 Å². The maximum atomic E-state index is 13.6. The summed E-state index contributed by atoms with van der Waals surface area (Å²) in [4.78, 5) is 18.4. The van der Waals surface area contributed by atoms with Gasteiger partial charge in [-0.15, -0.1) is 0 Å². The Hall–Kier alpha value is -2.17. The van der Waals surface area contributed by atoms with Crippen LogP contribution in [0.15, 0.2) is 29.1 Å². The molecule has 4 nitrogen and oxygen atoms in total. The van der Waals surface area contributed by atoms with Crippen LogP contribution in [0, 0.1) is 12.7 Å². The third kappa shape index (κ3) is 2.65. The Balaban J connectivity index is 1.94. The molecule has 0 aliphatic heterocycles. The van der Waals surface area contributed by atoms with Gasteiger partial charge < -0.3 is 9.72 Å². The highest BCUT2D eigenvalue weighted by atomic mass is 19.1. The molecule has 2 aromatic rings. The molecular weight excluding hydrogens is 247 g/mol. The molecule has 19 heavy (non-hydrogen) atoms. The molecule has 1 heterocycles. The van der Waals surface area contributed by atoms with Crippen LogP contribution in [0.4, 0.5) is 4.39 Å². The first-order chi connectivity index (χ1) is 9.11. The highest BCUT2D eigenvalue weighted by molar-refractivity contribution is 5.32. The van der Waals surface area contributed by atoms with E-state index in [2.05, 4.69) is 9.97 Å². The molecule has 1 saturated carbocycles. The summed E-state index contributed by atoms with van der Waals surface area (Å²) in [6.45, 7) is 1.84. The number of rotatable bonds is 3. The number of aromatic amines is 1. The predicted octanol–water partition coefficient (Wildman–Crippen LogP) is 2.89. The smallest absolute Gasteiger partial charge is 0.254 e. The zero-order valence-electron chi connectivity index (χ0n) is 10.4. The predicted molar refractivity (Wildman–Crippen MR) is 68.0 cm³/mol. The van der Waals surface area contributed by atoms with E-state index >= 15 is 0 Å². The molecule has 0 amide bonds. The summed E-state index contributed by atoms with van der Waals surface area (Å²) in [5.41, 5.74) is 0.601. The van der Waals surface area contributed by atoms with Crippen LogP contribution in [0.25, 0.3) is 0 Å². The molecule has 5 heteroatoms. The monoisotopic (exact) mass is 260 g/mol. The third-order valence-electron chi connectivity index (χ3n) is 3.00. The molecule has 0 radical (unpaired) electrons. The molecule has 1 fully saturated rings. The minimum atomic E-state index is -0.472. The van der Waals surface area contributed by atoms with Crippen molar-refractivity contribution in [3.8, 4) is 11.6 Å². The van der Waals surface area contributed by atoms with E-state index in [0.29, 0.717) is 11.7 Å². The van der Waals surface area contributed by atoms with Gasteiger partial charge in [0.25, 0.3) is 5.56 Å². The molecule has 0 atom stereocenters. The summed E-state index contributed by atoms with van der Waals surface area (Å²) < 4.78 is 19.0. The van der Waals surface area contributed by atoms with Gasteiger partial charge in [-0.2, -0.15) is 4.98 Å². The van der Waals surface area contributed by atoms with E-state index in [1.165, 1.54) is 12.1 Å². The van der Waals surface area contributed by atoms with Crippen LogP contribution in [0.2, 0.25) is 0 Å². The highest BCUT2D eigenvalue weighted by Gasteiger charge is 2.26. The zero-order chi connectivity index (χ0) is 13.4. The molecule has 0 bridgehead atoms. The zero-order valence-corrected chi connectivity index (χ0v) is 10.4. The molecule has 1 N–H and O–H groups in total. The Morgan fingerprint density at radius 2 is 2.16 bits per heavy atom. The number of nitrogens with zero attached hydrogens (tertiary/aromatic N) is 1. The van der Waals surface area contributed by atoms with E-state index in [9.17, 15) is 9.18 Å². The number of H-pyrrole nitrogens is 1. The number of ether oxygens (including phenoxy) is 1. The molecule has 0 unspecified atom stereocenters. The van der Waals surface area contributed by atoms with Gasteiger partial charge in [-0.1, -0.05) is 6.07 Å². The van der Waals surface area contributed by atoms with Gasteiger partial charge in [0.2, 0.25) is 5.88 Å². The van der Waals surface area contributed by atoms with Crippen LogP contribution < -0.4 is 10.3 Å². The first-order valence-electron chi connectivity index (χ1n) is 6.17. The summed E-state index contributed by atoms with van der Waals surface area (Å²) in [7, 11) is 0. The van der Waals surface area contributed by atoms with E-state index in [0.717, 1.165) is 18.4 Å². The fraction of sp³-hybridized carbons (Fsp3) is 0.286. The third-order valence-corrected chi connectivity index (χ3v) is 3.00. The summed E-state index contributed by atoms with van der Waals surface area (Å²) >= 11 is 0. The lowest BCUT2D eigenvalue weighted by atomic mass is 10.2. The van der Waals surface area contributed by atoms with Gasteiger partial charge in [-0.25, -0.2) is 4.39 Å². The minimum Gasteiger partial charge on any atom is -0.436 e. The number of aromatic nitrogens is 2. The largest absolute Gasteiger partial charge is 0.436 e. The number of hydrogen-bond donors (Lipinski definition) is 1. The molecular formula is C14H13FN2O2. The van der Waals surface area contributed by atoms with Crippen molar-refractivity contribution in [2.75, 3.05) is 0 Å². The van der Waals surface area contributed by atoms with Gasteiger partial charge in [0.1, 0.15) is 5.82 Å². The Morgan fingerprint density at radius 3 is 2.89 bits per heavy atom. The summed E-state index contributed by atoms with van der Waals surface area (Å²) in [6, 6.07) is 5.80. The maximum absolute atomic E-state index is 13.6. The maximum Gasteiger partial charge on any atom is 0.254 e. The number of benzene rings is 1. The van der Waals surface area contributed by atoms with Crippen LogP contribution in [-0.2, 0) is 0 Å². The van der Waals surface area contributed by atoms with E-state index in [1.54, 1.807) is 12.1 Å². The Kier molecular flexibility index (Phi) is 2.81. The molecule has 1 aliphatic rings. The lowest BCUT2D eigenvalue weighted by Crippen LogP contribution is -2.10. The number of hydrogen-bond acceptors (Lipinski definition) is 3. The lowest BCUT2D eigenvalue weighted by Gasteiger charge is -2.07. The average molecular weight is 260 g/mol. The first kappa shape index (κ1) is 11.9. The molecule has 3 rings (SSSR count). The summed E-state index contributed by atoms with van der Waals surface area (Å²) in [6.07, 6.45) is 2.04. The van der Waals surface area contributed by atoms with Gasteiger partial charge >= 0.3 is 0 Å². The molecule has 0 spiro atoms. The van der Waals surface area contributed by atoms with Crippen LogP contribution in [-0.4, -0.2) is 9.97 Å². The van der Waals surface area contributed by atoms with Crippen LogP contribution in [0.1, 0.15) is 30.1 Å². The van der Waals surface area contributed by atoms with Crippen molar-refractivity contribution in [1.82, 2.24) is 9.97 Å². The molecule has 1 aromatic carbocycles. The van der Waals surface area contributed by atoms with Crippen LogP contribution >= 0.6 is 0 Å². The van der Waals surface area contributed by atoms with Crippen molar-refractivity contribution < 1.29 is 9.13 Å². The lowest BCUT2D eigenvalue weighted by molar-refractivity contribution is 0.423. The van der Waals surface area contributed by atoms with Gasteiger partial charge in [-0.3, -0.25) is 4.79 Å². The van der Waals surface area contributed by atoms with Crippen molar-refractivity contribution in [1.29, 1.82) is 0 Å². The van der Waals surface area contributed by atoms with Gasteiger partial charge in [-0.05, 0) is 37.5 Å². The average Bonchev–Trinajstić information content (AvgIpc) is 3.17. The first-order valence-corrected chi connectivity index (χ1v) is 6.17. The Labute approximate surface area is 109 Å². The van der Waals surface area contributed by atoms with Gasteiger partial charge in [0, 0.05) is 5.92 Å². The van der Waals surface area contributed by atoms with E-state index in [1.807, 2.05) is 6.92 Å². The summed E-state index contributed by atoms with van der Waals surface area (Å²) in [5, 5.41) is 0. The van der Waals surface area contributed by atoms with Crippen molar-refractivity contribution in [2.24, 2.45) is 0 Å². The quantitative estimate of drug-likeness (QED) is 0.923. The number of aryl methyl sites for hydroxylation is 1. The summed E-state index contributed by atoms with van der Waals surface area (Å²) in [5.74, 6) is 0.671. The topological polar surface area (TPSA) is 55.0 Å². The SMILES string of the molecule is Cc1ccc(F)c(Oc2cc(=O)[nH]c(C3CC3)n2)c1. The highest BCUT2D eigenvalue weighted by Crippen LogP contribution is 2.38. The van der Waals surface area contributed by atoms with Crippen molar-refractivity contribution >= 4 is 0 Å². The van der Waals surface area contributed by atoms with Crippen LogP contribution in [0.5, 0.6) is 11.6 Å². The molecule has 98 valence electrons. The van der Waals surface area contributed by atoms with Gasteiger partial charge in [0.05, 0.1) is 6.07 Å². The van der Waals surface area contributed by atoms with E-state index < -0.39 is 5.82 Å². The molecule has 1 aromatic heterocycles. The fourth-order valence-corrected chi connectivity index (χ4v) is 1.86. The van der Waals surface area contributed by atoms with Crippen molar-refractivity contribution in [3.05, 3.63) is 51.8 Å². The standard InChI is InChI=1S/C14H13FN2O2/c1-8-2-5-10(15)11(6-8)19-13-7-12(18)16-14(17-13)9-3-4-9/h2,5-7,9H,3-4H2,1H3,(H,16,17,18). The number of nitrogens with one attached hydrogen (secondary N) is 1. The number of halogens is 1. The molecule has 0 saturated heterocycles. The Morgan fingerprint density at radius 1 is 1.37 bits per heavy atom. The second-order valence-corrected chi connectivity index (χ2v) is 4.78. The normalized spacial score (nSPS) is 14.4. The second kappa shape index (κ2) is 4.50. The molecule has 1 aliphatic carbocycles. The fourth-order valence-electron chi connectivity index (χ4n) is 1.86.